The van der Waals surface area contributed by atoms with E-state index in [1.54, 1.807) is 12.3 Å². The van der Waals surface area contributed by atoms with Gasteiger partial charge in [0, 0.05) is 18.3 Å². The first-order valence-electron chi connectivity index (χ1n) is 11.8. The summed E-state index contributed by atoms with van der Waals surface area (Å²) in [5.74, 6) is 0.666. The van der Waals surface area contributed by atoms with Gasteiger partial charge in [0.25, 0.3) is 0 Å². The van der Waals surface area contributed by atoms with Gasteiger partial charge >= 0.3 is 0 Å². The lowest BCUT2D eigenvalue weighted by Crippen LogP contribution is -2.28. The zero-order valence-electron chi connectivity index (χ0n) is 19.8. The van der Waals surface area contributed by atoms with Crippen LogP contribution in [0.4, 0.5) is 20.5 Å². The lowest BCUT2D eigenvalue weighted by Gasteiger charge is -2.24. The van der Waals surface area contributed by atoms with Crippen LogP contribution in [0, 0.1) is 24.5 Å². The first-order valence-corrected chi connectivity index (χ1v) is 11.8. The summed E-state index contributed by atoms with van der Waals surface area (Å²) in [4.78, 5) is 17.1. The summed E-state index contributed by atoms with van der Waals surface area (Å²) in [6.45, 7) is 10.7. The maximum Gasteiger partial charge on any atom is 0.229 e. The van der Waals surface area contributed by atoms with E-state index >= 15 is 0 Å². The fourth-order valence-electron chi connectivity index (χ4n) is 4.64. The van der Waals surface area contributed by atoms with Crippen molar-refractivity contribution >= 4 is 28.4 Å². The molecule has 9 heteroatoms. The van der Waals surface area contributed by atoms with E-state index in [9.17, 15) is 8.78 Å². The number of allylic oxidation sites excluding steroid dienone is 1. The number of pyridine rings is 1. The minimum Gasteiger partial charge on any atom is -0.328 e. The number of fused-ring (bicyclic) bond motifs is 1. The van der Waals surface area contributed by atoms with Crippen molar-refractivity contribution in [1.29, 1.82) is 0 Å². The van der Waals surface area contributed by atoms with E-state index in [4.69, 9.17) is 0 Å². The molecule has 5 rings (SSSR count). The Morgan fingerprint density at radius 1 is 1.11 bits per heavy atom. The Kier molecular flexibility index (Phi) is 6.25. The number of imidazole rings is 1. The van der Waals surface area contributed by atoms with Crippen molar-refractivity contribution in [2.75, 3.05) is 18.4 Å². The lowest BCUT2D eigenvalue weighted by molar-refractivity contribution is 0.447. The zero-order valence-corrected chi connectivity index (χ0v) is 19.8. The number of aromatic nitrogens is 5. The third-order valence-corrected chi connectivity index (χ3v) is 6.54. The second-order valence-corrected chi connectivity index (χ2v) is 8.73. The Balaban J connectivity index is 1.40. The predicted molar refractivity (Wildman–Crippen MR) is 133 cm³/mol. The largest absolute Gasteiger partial charge is 0.328 e. The molecule has 0 atom stereocenters. The average Bonchev–Trinajstić information content (AvgIpc) is 3.21. The topological polar surface area (TPSA) is 80.6 Å². The van der Waals surface area contributed by atoms with E-state index < -0.39 is 11.6 Å². The number of anilines is 2. The third kappa shape index (κ3) is 4.51. The van der Waals surface area contributed by atoms with Crippen molar-refractivity contribution in [2.24, 2.45) is 5.92 Å². The van der Waals surface area contributed by atoms with Crippen molar-refractivity contribution in [3.63, 3.8) is 0 Å². The maximum atomic E-state index is 14.8. The molecule has 1 fully saturated rings. The summed E-state index contributed by atoms with van der Waals surface area (Å²) in [7, 11) is 0. The monoisotopic (exact) mass is 475 g/mol. The molecule has 2 N–H and O–H groups in total. The molecule has 1 aliphatic heterocycles. The molecule has 0 amide bonds. The van der Waals surface area contributed by atoms with Crippen LogP contribution in [0.3, 0.4) is 0 Å². The highest BCUT2D eigenvalue weighted by atomic mass is 19.1. The van der Waals surface area contributed by atoms with E-state index in [1.165, 1.54) is 6.07 Å². The smallest absolute Gasteiger partial charge is 0.229 e. The highest BCUT2D eigenvalue weighted by molar-refractivity contribution is 5.83. The second kappa shape index (κ2) is 9.50. The fourth-order valence-corrected chi connectivity index (χ4v) is 4.64. The summed E-state index contributed by atoms with van der Waals surface area (Å²) in [6.07, 6.45) is 4.98. The van der Waals surface area contributed by atoms with E-state index in [0.29, 0.717) is 35.2 Å². The predicted octanol–water partition coefficient (Wildman–Crippen LogP) is 5.25. The van der Waals surface area contributed by atoms with Crippen molar-refractivity contribution in [3.05, 3.63) is 66.3 Å². The molecule has 0 spiro atoms. The van der Waals surface area contributed by atoms with E-state index in [1.807, 2.05) is 30.5 Å². The minimum absolute atomic E-state index is 0.000659. The molecule has 1 aromatic carbocycles. The highest BCUT2D eigenvalue weighted by Gasteiger charge is 2.19. The standard InChI is InChI=1S/C26H27F2N7/c1-4-35-16(3)32-25-20(27)11-19(12-22(25)35)24-21(28)14-31-26(34-24)33-23-6-5-18(13-30-23)15(2)17-7-9-29-10-8-17/h5-6,11-14,17,29H,2,4,7-10H2,1,3H3,(H,30,31,33,34). The van der Waals surface area contributed by atoms with Gasteiger partial charge in [0.2, 0.25) is 5.95 Å². The highest BCUT2D eigenvalue weighted by Crippen LogP contribution is 2.30. The van der Waals surface area contributed by atoms with E-state index in [2.05, 4.69) is 37.1 Å². The number of hydrogen-bond donors (Lipinski definition) is 2. The van der Waals surface area contributed by atoms with Crippen LogP contribution in [-0.2, 0) is 6.54 Å². The van der Waals surface area contributed by atoms with Crippen molar-refractivity contribution in [3.8, 4) is 11.3 Å². The van der Waals surface area contributed by atoms with Crippen LogP contribution in [0.15, 0.2) is 43.2 Å². The summed E-state index contributed by atoms with van der Waals surface area (Å²) in [5, 5.41) is 6.38. The molecule has 4 aromatic rings. The summed E-state index contributed by atoms with van der Waals surface area (Å²) < 4.78 is 31.4. The number of nitrogens with one attached hydrogen (secondary N) is 2. The van der Waals surface area contributed by atoms with Crippen molar-refractivity contribution in [2.45, 2.75) is 33.2 Å². The van der Waals surface area contributed by atoms with Gasteiger partial charge in [-0.05, 0) is 81.1 Å². The number of hydrogen-bond acceptors (Lipinski definition) is 6. The molecule has 35 heavy (non-hydrogen) atoms. The fraction of sp³-hybridized carbons (Fsp3) is 0.308. The molecule has 7 nitrogen and oxygen atoms in total. The molecule has 4 heterocycles. The van der Waals surface area contributed by atoms with Crippen LogP contribution in [0.25, 0.3) is 27.9 Å². The zero-order chi connectivity index (χ0) is 24.5. The van der Waals surface area contributed by atoms with Crippen molar-refractivity contribution < 1.29 is 8.78 Å². The molecular weight excluding hydrogens is 448 g/mol. The van der Waals surface area contributed by atoms with E-state index in [0.717, 1.165) is 43.3 Å². The van der Waals surface area contributed by atoms with Crippen molar-refractivity contribution in [1.82, 2.24) is 29.8 Å². The van der Waals surface area contributed by atoms with Crippen LogP contribution >= 0.6 is 0 Å². The maximum absolute atomic E-state index is 14.8. The number of piperidine rings is 1. The van der Waals surface area contributed by atoms with Crippen LogP contribution in [0.2, 0.25) is 0 Å². The first-order chi connectivity index (χ1) is 16.9. The van der Waals surface area contributed by atoms with Gasteiger partial charge in [0.1, 0.15) is 22.9 Å². The van der Waals surface area contributed by atoms with Gasteiger partial charge in [-0.1, -0.05) is 6.58 Å². The van der Waals surface area contributed by atoms with Crippen LogP contribution in [0.1, 0.15) is 31.2 Å². The molecular formula is C26H27F2N7. The van der Waals surface area contributed by atoms with Gasteiger partial charge < -0.3 is 15.2 Å². The number of aryl methyl sites for hydroxylation is 2. The summed E-state index contributed by atoms with van der Waals surface area (Å²) in [5.41, 5.74) is 3.25. The minimum atomic E-state index is -0.643. The number of rotatable bonds is 6. The van der Waals surface area contributed by atoms with Gasteiger partial charge in [0.15, 0.2) is 11.6 Å². The SMILES string of the molecule is C=C(c1ccc(Nc2ncc(F)c(-c3cc(F)c4nc(C)n(CC)c4c3)n2)nc1)C1CCNCC1. The normalized spacial score (nSPS) is 14.4. The van der Waals surface area contributed by atoms with E-state index in [-0.39, 0.29) is 17.2 Å². The molecule has 0 saturated carbocycles. The number of halogens is 2. The van der Waals surface area contributed by atoms with Crippen LogP contribution < -0.4 is 10.6 Å². The quantitative estimate of drug-likeness (QED) is 0.396. The van der Waals surface area contributed by atoms with Crippen LogP contribution in [-0.4, -0.2) is 37.6 Å². The molecule has 1 saturated heterocycles. The molecule has 3 aromatic heterocycles. The molecule has 0 unspecified atom stereocenters. The van der Waals surface area contributed by atoms with Gasteiger partial charge in [0.05, 0.1) is 11.7 Å². The first kappa shape index (κ1) is 23.0. The molecule has 180 valence electrons. The third-order valence-electron chi connectivity index (χ3n) is 6.54. The van der Waals surface area contributed by atoms with Gasteiger partial charge in [-0.25, -0.2) is 28.7 Å². The van der Waals surface area contributed by atoms with Gasteiger partial charge in [-0.2, -0.15) is 0 Å². The Morgan fingerprint density at radius 2 is 1.91 bits per heavy atom. The molecule has 0 radical (unpaired) electrons. The van der Waals surface area contributed by atoms with Gasteiger partial charge in [-0.15, -0.1) is 0 Å². The number of benzene rings is 1. The summed E-state index contributed by atoms with van der Waals surface area (Å²) in [6, 6.07) is 6.74. The van der Waals surface area contributed by atoms with Gasteiger partial charge in [-0.3, -0.25) is 0 Å². The Hall–Kier alpha value is -3.72. The average molecular weight is 476 g/mol. The molecule has 0 bridgehead atoms. The lowest BCUT2D eigenvalue weighted by atomic mass is 9.87. The number of nitrogens with zero attached hydrogens (tertiary/aromatic N) is 5. The summed E-state index contributed by atoms with van der Waals surface area (Å²) >= 11 is 0. The Morgan fingerprint density at radius 3 is 2.63 bits per heavy atom. The molecule has 0 aliphatic carbocycles. The van der Waals surface area contributed by atoms with Crippen LogP contribution in [0.5, 0.6) is 0 Å². The molecule has 1 aliphatic rings. The Labute approximate surface area is 202 Å². The second-order valence-electron chi connectivity index (χ2n) is 8.73. The Bertz CT molecular complexity index is 1390.